The van der Waals surface area contributed by atoms with Crippen LogP contribution in [-0.2, 0) is 14.8 Å². The van der Waals surface area contributed by atoms with Crippen LogP contribution in [0.2, 0.25) is 10.0 Å². The van der Waals surface area contributed by atoms with E-state index in [2.05, 4.69) is 19.2 Å². The van der Waals surface area contributed by atoms with Gasteiger partial charge in [0, 0.05) is 22.0 Å². The van der Waals surface area contributed by atoms with E-state index in [0.29, 0.717) is 6.42 Å². The molecule has 0 spiro atoms. The van der Waals surface area contributed by atoms with E-state index in [0.717, 1.165) is 34.7 Å². The van der Waals surface area contributed by atoms with Crippen LogP contribution in [0.5, 0.6) is 5.75 Å². The summed E-state index contributed by atoms with van der Waals surface area (Å²) in [5.41, 5.74) is 0.714. The lowest BCUT2D eigenvalue weighted by molar-refractivity contribution is -0.123. The molecule has 0 radical (unpaired) electrons. The molecule has 9 heteroatoms. The Morgan fingerprint density at radius 2 is 1.78 bits per heavy atom. The van der Waals surface area contributed by atoms with Gasteiger partial charge in [-0.3, -0.25) is 9.10 Å². The van der Waals surface area contributed by atoms with E-state index < -0.39 is 27.6 Å². The first kappa shape index (κ1) is 24.7. The number of nitrogens with one attached hydrogen (secondary N) is 1. The van der Waals surface area contributed by atoms with Crippen LogP contribution < -0.4 is 14.4 Å². The van der Waals surface area contributed by atoms with Crippen molar-refractivity contribution >= 4 is 44.8 Å². The van der Waals surface area contributed by atoms with E-state index in [-0.39, 0.29) is 21.8 Å². The molecule has 0 bridgehead atoms. The number of fused-ring (bicyclic) bond motifs is 1. The maximum Gasteiger partial charge on any atom is 0.244 e. The number of sulfonamides is 1. The maximum atomic E-state index is 13.3. The lowest BCUT2D eigenvalue weighted by Crippen LogP contribution is -2.51. The van der Waals surface area contributed by atoms with Crippen LogP contribution in [0.1, 0.15) is 51.6 Å². The standard InChI is InChI=1S/C23H28Cl2N2O4S/c1-5-23(6-2)14-20(19-9-7-8-10-21(19)31-23)26-22(28)15(3)27(32(4,29)30)18-12-16(24)11-17(25)13-18/h7-13,15,20H,5-6,14H2,1-4H3,(H,26,28)/t15-,20+/m1/s1. The molecule has 1 heterocycles. The minimum atomic E-state index is -3.80. The number of nitrogens with zero attached hydrogens (tertiary/aromatic N) is 1. The fraction of sp³-hybridized carbons (Fsp3) is 0.435. The van der Waals surface area contributed by atoms with Crippen LogP contribution in [0.15, 0.2) is 42.5 Å². The summed E-state index contributed by atoms with van der Waals surface area (Å²) in [5, 5.41) is 3.62. The van der Waals surface area contributed by atoms with E-state index in [1.54, 1.807) is 6.92 Å². The highest BCUT2D eigenvalue weighted by molar-refractivity contribution is 7.92. The van der Waals surface area contributed by atoms with Crippen molar-refractivity contribution in [2.24, 2.45) is 0 Å². The Morgan fingerprint density at radius 1 is 1.19 bits per heavy atom. The van der Waals surface area contributed by atoms with E-state index in [9.17, 15) is 13.2 Å². The van der Waals surface area contributed by atoms with Crippen LogP contribution >= 0.6 is 23.2 Å². The molecular weight excluding hydrogens is 471 g/mol. The zero-order chi connectivity index (χ0) is 23.7. The first-order valence-corrected chi connectivity index (χ1v) is 13.1. The predicted molar refractivity (Wildman–Crippen MR) is 129 cm³/mol. The average Bonchev–Trinajstić information content (AvgIpc) is 2.71. The SMILES string of the molecule is CCC1(CC)C[C@H](NC(=O)[C@@H](C)N(c2cc(Cl)cc(Cl)c2)S(C)(=O)=O)c2ccccc2O1. The second-order valence-corrected chi connectivity index (χ2v) is 10.9. The summed E-state index contributed by atoms with van der Waals surface area (Å²) in [4.78, 5) is 13.3. The number of benzene rings is 2. The van der Waals surface area contributed by atoms with Crippen molar-refractivity contribution < 1.29 is 17.9 Å². The first-order chi connectivity index (χ1) is 15.0. The van der Waals surface area contributed by atoms with Crippen molar-refractivity contribution in [3.8, 4) is 5.75 Å². The molecule has 1 amide bonds. The minimum Gasteiger partial charge on any atom is -0.487 e. The molecule has 1 N–H and O–H groups in total. The van der Waals surface area contributed by atoms with Gasteiger partial charge in [0.2, 0.25) is 15.9 Å². The number of rotatable bonds is 7. The van der Waals surface area contributed by atoms with E-state index >= 15 is 0 Å². The summed E-state index contributed by atoms with van der Waals surface area (Å²) in [6.45, 7) is 5.67. The monoisotopic (exact) mass is 498 g/mol. The molecule has 32 heavy (non-hydrogen) atoms. The first-order valence-electron chi connectivity index (χ1n) is 10.5. The number of ether oxygens (including phenoxy) is 1. The maximum absolute atomic E-state index is 13.3. The van der Waals surface area contributed by atoms with E-state index in [1.165, 1.54) is 18.2 Å². The summed E-state index contributed by atoms with van der Waals surface area (Å²) in [6, 6.07) is 10.7. The Bertz CT molecular complexity index is 1080. The molecule has 174 valence electrons. The lowest BCUT2D eigenvalue weighted by atomic mass is 9.83. The summed E-state index contributed by atoms with van der Waals surface area (Å²) in [5.74, 6) is 0.316. The fourth-order valence-electron chi connectivity index (χ4n) is 4.20. The third-order valence-electron chi connectivity index (χ3n) is 5.99. The Kier molecular flexibility index (Phi) is 7.32. The molecular formula is C23H28Cl2N2O4S. The molecule has 0 saturated heterocycles. The van der Waals surface area contributed by atoms with Crippen molar-refractivity contribution in [3.63, 3.8) is 0 Å². The van der Waals surface area contributed by atoms with E-state index in [4.69, 9.17) is 27.9 Å². The molecule has 2 atom stereocenters. The molecule has 3 rings (SSSR count). The van der Waals surface area contributed by atoms with Gasteiger partial charge in [-0.15, -0.1) is 0 Å². The number of carbonyl (C=O) groups is 1. The molecule has 6 nitrogen and oxygen atoms in total. The molecule has 1 aliphatic heterocycles. The predicted octanol–water partition coefficient (Wildman–Crippen LogP) is 5.35. The number of hydrogen-bond acceptors (Lipinski definition) is 4. The normalized spacial score (nSPS) is 18.2. The lowest BCUT2D eigenvalue weighted by Gasteiger charge is -2.42. The summed E-state index contributed by atoms with van der Waals surface area (Å²) in [6.07, 6.45) is 3.22. The number of amides is 1. The smallest absolute Gasteiger partial charge is 0.244 e. The second-order valence-electron chi connectivity index (χ2n) is 8.16. The largest absolute Gasteiger partial charge is 0.487 e. The number of anilines is 1. The van der Waals surface area contributed by atoms with Gasteiger partial charge in [-0.2, -0.15) is 0 Å². The number of hydrogen-bond donors (Lipinski definition) is 1. The molecule has 0 fully saturated rings. The number of halogens is 2. The quantitative estimate of drug-likeness (QED) is 0.558. The van der Waals surface area contributed by atoms with Crippen LogP contribution in [0.25, 0.3) is 0 Å². The van der Waals surface area contributed by atoms with Crippen molar-refractivity contribution in [1.82, 2.24) is 5.32 Å². The van der Waals surface area contributed by atoms with Gasteiger partial charge in [-0.05, 0) is 44.0 Å². The highest BCUT2D eigenvalue weighted by atomic mass is 35.5. The Hall–Kier alpha value is -1.96. The summed E-state index contributed by atoms with van der Waals surface area (Å²) >= 11 is 12.2. The molecule has 0 aliphatic carbocycles. The van der Waals surface area contributed by atoms with Gasteiger partial charge in [0.25, 0.3) is 0 Å². The van der Waals surface area contributed by atoms with Crippen molar-refractivity contribution in [2.45, 2.75) is 57.7 Å². The van der Waals surface area contributed by atoms with Crippen LogP contribution in [0.3, 0.4) is 0 Å². The zero-order valence-electron chi connectivity index (χ0n) is 18.6. The van der Waals surface area contributed by atoms with Gasteiger partial charge in [0.15, 0.2) is 0 Å². The topological polar surface area (TPSA) is 75.7 Å². The molecule has 2 aromatic rings. The van der Waals surface area contributed by atoms with Gasteiger partial charge in [0.05, 0.1) is 18.0 Å². The molecule has 2 aromatic carbocycles. The van der Waals surface area contributed by atoms with Gasteiger partial charge < -0.3 is 10.1 Å². The van der Waals surface area contributed by atoms with Crippen molar-refractivity contribution in [1.29, 1.82) is 0 Å². The highest BCUT2D eigenvalue weighted by Crippen LogP contribution is 2.42. The average molecular weight is 499 g/mol. The third kappa shape index (κ3) is 5.16. The van der Waals surface area contributed by atoms with Gasteiger partial charge in [-0.1, -0.05) is 55.2 Å². The summed E-state index contributed by atoms with van der Waals surface area (Å²) in [7, 11) is -3.80. The third-order valence-corrected chi connectivity index (χ3v) is 7.67. The molecule has 1 aliphatic rings. The number of para-hydroxylation sites is 1. The van der Waals surface area contributed by atoms with Gasteiger partial charge >= 0.3 is 0 Å². The zero-order valence-corrected chi connectivity index (χ0v) is 20.9. The van der Waals surface area contributed by atoms with Crippen LogP contribution in [-0.4, -0.2) is 32.2 Å². The molecule has 0 unspecified atom stereocenters. The van der Waals surface area contributed by atoms with Crippen molar-refractivity contribution in [3.05, 3.63) is 58.1 Å². The second kappa shape index (κ2) is 9.49. The Morgan fingerprint density at radius 3 is 2.34 bits per heavy atom. The van der Waals surface area contributed by atoms with E-state index in [1.807, 2.05) is 24.3 Å². The summed E-state index contributed by atoms with van der Waals surface area (Å²) < 4.78 is 32.6. The van der Waals surface area contributed by atoms with Gasteiger partial charge in [0.1, 0.15) is 17.4 Å². The minimum absolute atomic E-state index is 0.233. The molecule has 0 saturated carbocycles. The van der Waals surface area contributed by atoms with Gasteiger partial charge in [-0.25, -0.2) is 8.42 Å². The Labute approximate surface area is 199 Å². The fourth-order valence-corrected chi connectivity index (χ4v) is 5.87. The number of carbonyl (C=O) groups excluding carboxylic acids is 1. The molecule has 0 aromatic heterocycles. The van der Waals surface area contributed by atoms with Crippen LogP contribution in [0.4, 0.5) is 5.69 Å². The Balaban J connectivity index is 1.93. The van der Waals surface area contributed by atoms with Crippen LogP contribution in [0, 0.1) is 0 Å². The van der Waals surface area contributed by atoms with Crippen molar-refractivity contribution in [2.75, 3.05) is 10.6 Å². The highest BCUT2D eigenvalue weighted by Gasteiger charge is 2.40.